The van der Waals surface area contributed by atoms with E-state index in [1.165, 1.54) is 0 Å². The summed E-state index contributed by atoms with van der Waals surface area (Å²) in [5.74, 6) is 0.0998. The van der Waals surface area contributed by atoms with E-state index in [1.54, 1.807) is 6.92 Å². The molecular weight excluding hydrogens is 322 g/mol. The predicted octanol–water partition coefficient (Wildman–Crippen LogP) is 2.58. The monoisotopic (exact) mass is 339 g/mol. The maximum atomic E-state index is 11.9. The standard InChI is InChI=1S/C14H18BrN3O2/c1-10(19)18-8-6-13(7-9-18)17-14(20)16-12-4-2-11(15)3-5-12/h2-5,13H,6-9H2,1H3,(H2,16,17,20). The van der Waals surface area contributed by atoms with Crippen LogP contribution in [0.1, 0.15) is 19.8 Å². The first-order chi connectivity index (χ1) is 9.54. The van der Waals surface area contributed by atoms with Gasteiger partial charge in [-0.15, -0.1) is 0 Å². The quantitative estimate of drug-likeness (QED) is 0.869. The number of likely N-dealkylation sites (tertiary alicyclic amines) is 1. The molecule has 1 aromatic carbocycles. The Kier molecular flexibility index (Phi) is 5.00. The number of benzene rings is 1. The Morgan fingerprint density at radius 2 is 1.80 bits per heavy atom. The van der Waals surface area contributed by atoms with Gasteiger partial charge in [0.1, 0.15) is 0 Å². The molecule has 1 heterocycles. The summed E-state index contributed by atoms with van der Waals surface area (Å²) in [6.07, 6.45) is 1.60. The molecule has 3 amide bonds. The van der Waals surface area contributed by atoms with Crippen molar-refractivity contribution in [1.82, 2.24) is 10.2 Å². The Hall–Kier alpha value is -1.56. The van der Waals surface area contributed by atoms with Gasteiger partial charge in [0.2, 0.25) is 5.91 Å². The summed E-state index contributed by atoms with van der Waals surface area (Å²) in [6, 6.07) is 7.35. The molecule has 2 rings (SSSR count). The lowest BCUT2D eigenvalue weighted by atomic mass is 10.1. The first kappa shape index (κ1) is 14.8. The van der Waals surface area contributed by atoms with Crippen molar-refractivity contribution in [3.05, 3.63) is 28.7 Å². The van der Waals surface area contributed by atoms with Crippen molar-refractivity contribution in [2.24, 2.45) is 0 Å². The number of urea groups is 1. The van der Waals surface area contributed by atoms with Gasteiger partial charge < -0.3 is 15.5 Å². The minimum atomic E-state index is -0.200. The van der Waals surface area contributed by atoms with E-state index < -0.39 is 0 Å². The maximum Gasteiger partial charge on any atom is 0.319 e. The fourth-order valence-corrected chi connectivity index (χ4v) is 2.49. The largest absolute Gasteiger partial charge is 0.343 e. The van der Waals surface area contributed by atoms with Crippen molar-refractivity contribution in [2.75, 3.05) is 18.4 Å². The van der Waals surface area contributed by atoms with E-state index in [0.717, 1.165) is 23.0 Å². The molecule has 1 aliphatic rings. The Bertz CT molecular complexity index is 482. The SMILES string of the molecule is CC(=O)N1CCC(NC(=O)Nc2ccc(Br)cc2)CC1. The summed E-state index contributed by atoms with van der Waals surface area (Å²) in [5.41, 5.74) is 0.756. The van der Waals surface area contributed by atoms with E-state index in [-0.39, 0.29) is 18.0 Å². The van der Waals surface area contributed by atoms with Crippen LogP contribution in [0.4, 0.5) is 10.5 Å². The number of amides is 3. The number of nitrogens with zero attached hydrogens (tertiary/aromatic N) is 1. The van der Waals surface area contributed by atoms with Crippen LogP contribution in [0.15, 0.2) is 28.7 Å². The number of hydrogen-bond donors (Lipinski definition) is 2. The van der Waals surface area contributed by atoms with Gasteiger partial charge in [-0.05, 0) is 37.1 Å². The highest BCUT2D eigenvalue weighted by Crippen LogP contribution is 2.14. The van der Waals surface area contributed by atoms with Crippen molar-refractivity contribution < 1.29 is 9.59 Å². The number of hydrogen-bond acceptors (Lipinski definition) is 2. The topological polar surface area (TPSA) is 61.4 Å². The lowest BCUT2D eigenvalue weighted by molar-refractivity contribution is -0.129. The molecule has 0 bridgehead atoms. The highest BCUT2D eigenvalue weighted by molar-refractivity contribution is 9.10. The van der Waals surface area contributed by atoms with Crippen LogP contribution < -0.4 is 10.6 Å². The van der Waals surface area contributed by atoms with Crippen LogP contribution in [0.5, 0.6) is 0 Å². The van der Waals surface area contributed by atoms with E-state index in [0.29, 0.717) is 13.1 Å². The Labute approximate surface area is 126 Å². The smallest absolute Gasteiger partial charge is 0.319 e. The fourth-order valence-electron chi connectivity index (χ4n) is 2.22. The lowest BCUT2D eigenvalue weighted by Crippen LogP contribution is -2.47. The molecule has 1 fully saturated rings. The molecule has 0 atom stereocenters. The van der Waals surface area contributed by atoms with Gasteiger partial charge in [0.05, 0.1) is 0 Å². The lowest BCUT2D eigenvalue weighted by Gasteiger charge is -2.31. The summed E-state index contributed by atoms with van der Waals surface area (Å²) >= 11 is 3.35. The van der Waals surface area contributed by atoms with Gasteiger partial charge >= 0.3 is 6.03 Å². The molecular formula is C14H18BrN3O2. The number of carbonyl (C=O) groups excluding carboxylic acids is 2. The highest BCUT2D eigenvalue weighted by atomic mass is 79.9. The minimum Gasteiger partial charge on any atom is -0.343 e. The van der Waals surface area contributed by atoms with E-state index in [4.69, 9.17) is 0 Å². The zero-order valence-corrected chi connectivity index (χ0v) is 12.9. The van der Waals surface area contributed by atoms with E-state index in [1.807, 2.05) is 29.2 Å². The summed E-state index contributed by atoms with van der Waals surface area (Å²) in [4.78, 5) is 24.9. The van der Waals surface area contributed by atoms with Crippen molar-refractivity contribution in [3.8, 4) is 0 Å². The van der Waals surface area contributed by atoms with Gasteiger partial charge in [0.15, 0.2) is 0 Å². The Morgan fingerprint density at radius 3 is 2.35 bits per heavy atom. The van der Waals surface area contributed by atoms with Crippen molar-refractivity contribution in [2.45, 2.75) is 25.8 Å². The number of anilines is 1. The second kappa shape index (κ2) is 6.74. The average molecular weight is 340 g/mol. The van der Waals surface area contributed by atoms with E-state index >= 15 is 0 Å². The van der Waals surface area contributed by atoms with Crippen molar-refractivity contribution >= 4 is 33.6 Å². The van der Waals surface area contributed by atoms with Gasteiger partial charge in [0, 0.05) is 36.2 Å². The van der Waals surface area contributed by atoms with E-state index in [9.17, 15) is 9.59 Å². The minimum absolute atomic E-state index is 0.0998. The van der Waals surface area contributed by atoms with Crippen molar-refractivity contribution in [3.63, 3.8) is 0 Å². The summed E-state index contributed by atoms with van der Waals surface area (Å²) in [5, 5.41) is 5.74. The van der Waals surface area contributed by atoms with Gasteiger partial charge in [-0.1, -0.05) is 15.9 Å². The number of nitrogens with one attached hydrogen (secondary N) is 2. The van der Waals surface area contributed by atoms with Crippen LogP contribution in [-0.2, 0) is 4.79 Å². The molecule has 2 N–H and O–H groups in total. The van der Waals surface area contributed by atoms with Crippen LogP contribution in [0.25, 0.3) is 0 Å². The van der Waals surface area contributed by atoms with Gasteiger partial charge in [0.25, 0.3) is 0 Å². The number of halogens is 1. The zero-order chi connectivity index (χ0) is 14.5. The second-order valence-corrected chi connectivity index (χ2v) is 5.80. The maximum absolute atomic E-state index is 11.9. The molecule has 0 radical (unpaired) electrons. The molecule has 20 heavy (non-hydrogen) atoms. The molecule has 5 nitrogen and oxygen atoms in total. The third-order valence-electron chi connectivity index (χ3n) is 3.38. The molecule has 1 aromatic rings. The summed E-state index contributed by atoms with van der Waals surface area (Å²) in [6.45, 7) is 2.99. The third kappa shape index (κ3) is 4.23. The Balaban J connectivity index is 1.78. The molecule has 0 aromatic heterocycles. The molecule has 0 saturated carbocycles. The normalized spacial score (nSPS) is 15.8. The van der Waals surface area contributed by atoms with Crippen LogP contribution in [0, 0.1) is 0 Å². The van der Waals surface area contributed by atoms with Gasteiger partial charge in [-0.2, -0.15) is 0 Å². The molecule has 0 aliphatic carbocycles. The van der Waals surface area contributed by atoms with Gasteiger partial charge in [-0.3, -0.25) is 4.79 Å². The number of rotatable bonds is 2. The number of carbonyl (C=O) groups is 2. The van der Waals surface area contributed by atoms with Crippen LogP contribution >= 0.6 is 15.9 Å². The first-order valence-electron chi connectivity index (χ1n) is 6.63. The molecule has 0 unspecified atom stereocenters. The average Bonchev–Trinajstić information content (AvgIpc) is 2.42. The fraction of sp³-hybridized carbons (Fsp3) is 0.429. The molecule has 1 aliphatic heterocycles. The third-order valence-corrected chi connectivity index (χ3v) is 3.91. The first-order valence-corrected chi connectivity index (χ1v) is 7.42. The Morgan fingerprint density at radius 1 is 1.20 bits per heavy atom. The highest BCUT2D eigenvalue weighted by Gasteiger charge is 2.21. The molecule has 108 valence electrons. The van der Waals surface area contributed by atoms with E-state index in [2.05, 4.69) is 26.6 Å². The molecule has 1 saturated heterocycles. The number of piperidine rings is 1. The van der Waals surface area contributed by atoms with Gasteiger partial charge in [-0.25, -0.2) is 4.79 Å². The van der Waals surface area contributed by atoms with Crippen LogP contribution in [0.3, 0.4) is 0 Å². The molecule has 0 spiro atoms. The summed E-state index contributed by atoms with van der Waals surface area (Å²) in [7, 11) is 0. The second-order valence-electron chi connectivity index (χ2n) is 4.89. The van der Waals surface area contributed by atoms with Crippen LogP contribution in [-0.4, -0.2) is 36.0 Å². The summed E-state index contributed by atoms with van der Waals surface area (Å²) < 4.78 is 0.972. The zero-order valence-electron chi connectivity index (χ0n) is 11.4. The van der Waals surface area contributed by atoms with Crippen molar-refractivity contribution in [1.29, 1.82) is 0 Å². The van der Waals surface area contributed by atoms with Crippen LogP contribution in [0.2, 0.25) is 0 Å². The predicted molar refractivity (Wildman–Crippen MR) is 81.6 cm³/mol. The molecule has 6 heteroatoms.